The predicted molar refractivity (Wildman–Crippen MR) is 101 cm³/mol. The highest BCUT2D eigenvalue weighted by atomic mass is 32.1. The molecule has 0 radical (unpaired) electrons. The van der Waals surface area contributed by atoms with Crippen LogP contribution < -0.4 is 5.32 Å². The zero-order chi connectivity index (χ0) is 18.3. The summed E-state index contributed by atoms with van der Waals surface area (Å²) in [7, 11) is 1.65. The van der Waals surface area contributed by atoms with Gasteiger partial charge in [-0.1, -0.05) is 6.92 Å². The molecule has 3 aromatic rings. The van der Waals surface area contributed by atoms with Gasteiger partial charge in [-0.25, -0.2) is 9.97 Å². The van der Waals surface area contributed by atoms with Gasteiger partial charge in [-0.3, -0.25) is 4.79 Å². The Bertz CT molecular complexity index is 977. The summed E-state index contributed by atoms with van der Waals surface area (Å²) in [5, 5.41) is 8.35. The third kappa shape index (κ3) is 2.87. The molecule has 0 fully saturated rings. The van der Waals surface area contributed by atoms with E-state index < -0.39 is 0 Å². The molecule has 0 aliphatic heterocycles. The van der Waals surface area contributed by atoms with Gasteiger partial charge in [0.2, 0.25) is 5.82 Å². The summed E-state index contributed by atoms with van der Waals surface area (Å²) in [4.78, 5) is 24.1. The molecule has 0 unspecified atom stereocenters. The van der Waals surface area contributed by atoms with Gasteiger partial charge in [-0.15, -0.1) is 16.4 Å². The van der Waals surface area contributed by atoms with Crippen molar-refractivity contribution < 1.29 is 9.53 Å². The average molecular weight is 373 g/mol. The van der Waals surface area contributed by atoms with Gasteiger partial charge in [0.1, 0.15) is 10.7 Å². The number of fused-ring (bicyclic) bond motifs is 5. The molecule has 138 valence electrons. The summed E-state index contributed by atoms with van der Waals surface area (Å²) < 4.78 is 6.71. The van der Waals surface area contributed by atoms with Crippen molar-refractivity contribution in [3.8, 4) is 0 Å². The molecule has 1 N–H and O–H groups in total. The summed E-state index contributed by atoms with van der Waals surface area (Å²) in [5.41, 5.74) is 2.11. The fourth-order valence-corrected chi connectivity index (χ4v) is 5.05. The van der Waals surface area contributed by atoms with Crippen molar-refractivity contribution in [2.75, 3.05) is 20.3 Å². The number of nitrogens with zero attached hydrogens (tertiary/aromatic N) is 4. The molecule has 3 heterocycles. The number of methoxy groups -OCH3 is 1. The van der Waals surface area contributed by atoms with E-state index in [2.05, 4.69) is 22.3 Å². The average Bonchev–Trinajstić information content (AvgIpc) is 3.21. The Labute approximate surface area is 155 Å². The number of rotatable bonds is 5. The zero-order valence-electron chi connectivity index (χ0n) is 15.3. The number of hydrogen-bond donors (Lipinski definition) is 1. The van der Waals surface area contributed by atoms with Crippen molar-refractivity contribution in [2.45, 2.75) is 45.4 Å². The first-order chi connectivity index (χ1) is 12.6. The number of nitrogens with one attached hydrogen (secondary N) is 1. The van der Waals surface area contributed by atoms with Crippen LogP contribution in [-0.4, -0.2) is 45.8 Å². The number of hydrogen-bond acceptors (Lipinski definition) is 6. The molecular formula is C18H23N5O2S. The molecule has 1 aliphatic carbocycles. The van der Waals surface area contributed by atoms with E-state index in [0.717, 1.165) is 34.5 Å². The van der Waals surface area contributed by atoms with Crippen LogP contribution in [0.5, 0.6) is 0 Å². The van der Waals surface area contributed by atoms with Crippen LogP contribution in [0, 0.1) is 6.92 Å². The Kier molecular flexibility index (Phi) is 4.62. The second-order valence-corrected chi connectivity index (χ2v) is 7.93. The second-order valence-electron chi connectivity index (χ2n) is 6.84. The molecule has 1 amide bonds. The van der Waals surface area contributed by atoms with Gasteiger partial charge >= 0.3 is 0 Å². The Balaban J connectivity index is 1.77. The topological polar surface area (TPSA) is 81.4 Å². The van der Waals surface area contributed by atoms with Crippen molar-refractivity contribution >= 4 is 33.1 Å². The lowest BCUT2D eigenvalue weighted by Crippen LogP contribution is -2.26. The number of carbonyl (C=O) groups is 1. The molecule has 3 aromatic heterocycles. The Morgan fingerprint density at radius 1 is 1.42 bits per heavy atom. The lowest BCUT2D eigenvalue weighted by Gasteiger charge is -2.18. The van der Waals surface area contributed by atoms with Crippen LogP contribution >= 0.6 is 11.3 Å². The van der Waals surface area contributed by atoms with Crippen LogP contribution in [0.25, 0.3) is 15.9 Å². The number of thiophene rings is 1. The molecule has 0 saturated carbocycles. The first-order valence-corrected chi connectivity index (χ1v) is 9.87. The number of aryl methyl sites for hydroxylation is 2. The molecule has 4 rings (SSSR count). The molecule has 1 atom stereocenters. The summed E-state index contributed by atoms with van der Waals surface area (Å²) in [5.74, 6) is 1.19. The number of ether oxygens (including phenoxy) is 1. The minimum Gasteiger partial charge on any atom is -0.385 e. The van der Waals surface area contributed by atoms with Gasteiger partial charge in [0.25, 0.3) is 5.91 Å². The van der Waals surface area contributed by atoms with Crippen LogP contribution in [0.4, 0.5) is 0 Å². The maximum atomic E-state index is 12.4. The van der Waals surface area contributed by atoms with E-state index in [9.17, 15) is 4.79 Å². The molecule has 1 aliphatic rings. The number of carbonyl (C=O) groups excluding carboxylic acids is 1. The van der Waals surface area contributed by atoms with E-state index in [1.165, 1.54) is 23.3 Å². The lowest BCUT2D eigenvalue weighted by molar-refractivity contribution is 0.0938. The number of amides is 1. The van der Waals surface area contributed by atoms with E-state index in [1.54, 1.807) is 23.0 Å². The normalized spacial score (nSPS) is 17.0. The highest BCUT2D eigenvalue weighted by molar-refractivity contribution is 7.19. The molecule has 8 heteroatoms. The summed E-state index contributed by atoms with van der Waals surface area (Å²) in [6, 6.07) is 0. The zero-order valence-corrected chi connectivity index (χ0v) is 16.2. The maximum absolute atomic E-state index is 12.4. The van der Waals surface area contributed by atoms with Crippen LogP contribution in [0.2, 0.25) is 0 Å². The van der Waals surface area contributed by atoms with E-state index in [4.69, 9.17) is 9.72 Å². The third-order valence-electron chi connectivity index (χ3n) is 4.95. The van der Waals surface area contributed by atoms with Gasteiger partial charge in [-0.05, 0) is 44.1 Å². The molecule has 0 saturated heterocycles. The smallest absolute Gasteiger partial charge is 0.290 e. The van der Waals surface area contributed by atoms with Gasteiger partial charge < -0.3 is 10.1 Å². The summed E-state index contributed by atoms with van der Waals surface area (Å²) >= 11 is 1.76. The molecule has 0 bridgehead atoms. The van der Waals surface area contributed by atoms with Gasteiger partial charge in [-0.2, -0.15) is 4.52 Å². The Morgan fingerprint density at radius 3 is 3.08 bits per heavy atom. The largest absolute Gasteiger partial charge is 0.385 e. The monoisotopic (exact) mass is 373 g/mol. The Morgan fingerprint density at radius 2 is 2.27 bits per heavy atom. The van der Waals surface area contributed by atoms with Gasteiger partial charge in [0, 0.05) is 25.1 Å². The predicted octanol–water partition coefficient (Wildman–Crippen LogP) is 2.85. The van der Waals surface area contributed by atoms with Crippen molar-refractivity contribution in [1.29, 1.82) is 0 Å². The van der Waals surface area contributed by atoms with E-state index >= 15 is 0 Å². The van der Waals surface area contributed by atoms with Crippen molar-refractivity contribution in [3.63, 3.8) is 0 Å². The quantitative estimate of drug-likeness (QED) is 0.696. The SMILES string of the molecule is COCCCNC(=O)c1nc2c3c4c(sc3nc(C)n2n1)CCC[C@H]4C. The second kappa shape index (κ2) is 6.92. The van der Waals surface area contributed by atoms with Crippen molar-refractivity contribution in [3.05, 3.63) is 22.1 Å². The van der Waals surface area contributed by atoms with Gasteiger partial charge in [0.05, 0.1) is 5.39 Å². The van der Waals surface area contributed by atoms with E-state index in [-0.39, 0.29) is 11.7 Å². The van der Waals surface area contributed by atoms with Crippen molar-refractivity contribution in [2.24, 2.45) is 0 Å². The van der Waals surface area contributed by atoms with Crippen LogP contribution in [-0.2, 0) is 11.2 Å². The van der Waals surface area contributed by atoms with Crippen molar-refractivity contribution in [1.82, 2.24) is 24.9 Å². The van der Waals surface area contributed by atoms with E-state index in [0.29, 0.717) is 19.1 Å². The minimum atomic E-state index is -0.255. The first kappa shape index (κ1) is 17.4. The fourth-order valence-electron chi connectivity index (χ4n) is 3.68. The van der Waals surface area contributed by atoms with Crippen LogP contribution in [0.15, 0.2) is 0 Å². The van der Waals surface area contributed by atoms with E-state index in [1.807, 2.05) is 6.92 Å². The molecule has 7 nitrogen and oxygen atoms in total. The molecular weight excluding hydrogens is 350 g/mol. The minimum absolute atomic E-state index is 0.197. The molecule has 26 heavy (non-hydrogen) atoms. The standard InChI is InChI=1S/C18H23N5O2S/c1-10-6-4-7-12-13(10)14-16-21-15(17(24)19-8-5-9-25-3)22-23(16)11(2)20-18(14)26-12/h10H,4-9H2,1-3H3,(H,19,24)/t10-/m1/s1. The lowest BCUT2D eigenvalue weighted by atomic mass is 9.87. The maximum Gasteiger partial charge on any atom is 0.290 e. The Hall–Kier alpha value is -2.06. The number of aromatic nitrogens is 4. The first-order valence-electron chi connectivity index (χ1n) is 9.06. The molecule has 0 spiro atoms. The highest BCUT2D eigenvalue weighted by Crippen LogP contribution is 2.42. The van der Waals surface area contributed by atoms with Crippen LogP contribution in [0.3, 0.4) is 0 Å². The third-order valence-corrected chi connectivity index (χ3v) is 6.11. The van der Waals surface area contributed by atoms with Crippen LogP contribution in [0.1, 0.15) is 59.0 Å². The fraction of sp³-hybridized carbons (Fsp3) is 0.556. The van der Waals surface area contributed by atoms with Gasteiger partial charge in [0.15, 0.2) is 5.65 Å². The summed E-state index contributed by atoms with van der Waals surface area (Å²) in [6.45, 7) is 5.32. The summed E-state index contributed by atoms with van der Waals surface area (Å²) in [6.07, 6.45) is 4.26. The highest BCUT2D eigenvalue weighted by Gasteiger charge is 2.26. The molecule has 0 aromatic carbocycles.